The quantitative estimate of drug-likeness (QED) is 0.186. The Morgan fingerprint density at radius 3 is 2.55 bits per heavy atom. The molecule has 0 radical (unpaired) electrons. The number of amides is 3. The molecule has 0 bridgehead atoms. The van der Waals surface area contributed by atoms with Crippen molar-refractivity contribution in [2.24, 2.45) is 5.92 Å². The van der Waals surface area contributed by atoms with E-state index in [1.165, 1.54) is 6.08 Å². The maximum absolute atomic E-state index is 13.1. The molecule has 8 heteroatoms. The molecule has 1 aliphatic rings. The number of nitrogens with two attached hydrogens (primary N) is 1. The van der Waals surface area contributed by atoms with Crippen molar-refractivity contribution >= 4 is 35.2 Å². The monoisotopic (exact) mass is 539 g/mol. The number of piperidine rings is 1. The van der Waals surface area contributed by atoms with Crippen LogP contribution in [-0.2, 0) is 16.0 Å². The Bertz CT molecular complexity index is 1300. The minimum Gasteiger partial charge on any atom is -0.399 e. The second kappa shape index (κ2) is 14.6. The third-order valence-electron chi connectivity index (χ3n) is 7.09. The number of hydrogen-bond donors (Lipinski definition) is 3. The van der Waals surface area contributed by atoms with Gasteiger partial charge in [-0.25, -0.2) is 0 Å². The van der Waals surface area contributed by atoms with Crippen LogP contribution in [0.4, 0.5) is 11.4 Å². The number of carbonyl (C=O) groups is 3. The molecule has 1 aliphatic heterocycles. The van der Waals surface area contributed by atoms with E-state index in [0.717, 1.165) is 56.3 Å². The molecular formula is C32H37N5O3. The summed E-state index contributed by atoms with van der Waals surface area (Å²) >= 11 is 0. The van der Waals surface area contributed by atoms with Crippen LogP contribution >= 0.6 is 0 Å². The second-order valence-electron chi connectivity index (χ2n) is 10.2. The Labute approximate surface area is 235 Å². The summed E-state index contributed by atoms with van der Waals surface area (Å²) in [7, 11) is 0. The summed E-state index contributed by atoms with van der Waals surface area (Å²) in [6.45, 7) is 2.11. The molecular weight excluding hydrogens is 502 g/mol. The largest absolute Gasteiger partial charge is 0.399 e. The van der Waals surface area contributed by atoms with Crippen molar-refractivity contribution in [2.45, 2.75) is 38.5 Å². The van der Waals surface area contributed by atoms with E-state index in [9.17, 15) is 14.4 Å². The maximum atomic E-state index is 13.1. The highest BCUT2D eigenvalue weighted by Crippen LogP contribution is 2.24. The summed E-state index contributed by atoms with van der Waals surface area (Å²) in [6, 6.07) is 18.1. The average molecular weight is 540 g/mol. The van der Waals surface area contributed by atoms with Gasteiger partial charge >= 0.3 is 0 Å². The molecule has 0 saturated carbocycles. The lowest BCUT2D eigenvalue weighted by Gasteiger charge is -2.32. The van der Waals surface area contributed by atoms with Crippen molar-refractivity contribution in [3.8, 4) is 0 Å². The van der Waals surface area contributed by atoms with E-state index >= 15 is 0 Å². The predicted octanol–water partition coefficient (Wildman–Crippen LogP) is 4.70. The molecule has 208 valence electrons. The number of carbonyl (C=O) groups excluding carboxylic acids is 3. The first-order valence-corrected chi connectivity index (χ1v) is 13.9. The van der Waals surface area contributed by atoms with Crippen LogP contribution in [0.25, 0.3) is 6.08 Å². The van der Waals surface area contributed by atoms with Crippen molar-refractivity contribution in [2.75, 3.05) is 30.7 Å². The molecule has 0 aliphatic carbocycles. The van der Waals surface area contributed by atoms with Crippen LogP contribution in [-0.4, -0.2) is 47.2 Å². The summed E-state index contributed by atoms with van der Waals surface area (Å²) in [5.74, 6) is 0.344. The highest BCUT2D eigenvalue weighted by molar-refractivity contribution is 5.97. The zero-order valence-electron chi connectivity index (χ0n) is 22.7. The number of hydrogen-bond acceptors (Lipinski definition) is 5. The maximum Gasteiger partial charge on any atom is 0.253 e. The number of pyridine rings is 1. The van der Waals surface area contributed by atoms with Gasteiger partial charge in [-0.15, -0.1) is 0 Å². The Balaban J connectivity index is 1.13. The van der Waals surface area contributed by atoms with Crippen LogP contribution in [0.3, 0.4) is 0 Å². The van der Waals surface area contributed by atoms with Crippen LogP contribution < -0.4 is 16.4 Å². The van der Waals surface area contributed by atoms with Crippen LogP contribution in [0.5, 0.6) is 0 Å². The van der Waals surface area contributed by atoms with E-state index < -0.39 is 0 Å². The van der Waals surface area contributed by atoms with Gasteiger partial charge in [0.2, 0.25) is 11.8 Å². The van der Waals surface area contributed by atoms with Gasteiger partial charge in [0.1, 0.15) is 0 Å². The summed E-state index contributed by atoms with van der Waals surface area (Å²) in [4.78, 5) is 43.5. The van der Waals surface area contributed by atoms with Crippen LogP contribution in [0.15, 0.2) is 79.1 Å². The van der Waals surface area contributed by atoms with Crippen molar-refractivity contribution < 1.29 is 14.4 Å². The molecule has 0 spiro atoms. The lowest BCUT2D eigenvalue weighted by molar-refractivity contribution is -0.116. The molecule has 0 atom stereocenters. The van der Waals surface area contributed by atoms with Crippen molar-refractivity contribution in [3.05, 3.63) is 95.8 Å². The fraction of sp³-hybridized carbons (Fsp3) is 0.312. The first kappa shape index (κ1) is 28.5. The van der Waals surface area contributed by atoms with E-state index in [2.05, 4.69) is 15.6 Å². The topological polar surface area (TPSA) is 117 Å². The van der Waals surface area contributed by atoms with Gasteiger partial charge in [-0.2, -0.15) is 0 Å². The van der Waals surface area contributed by atoms with E-state index in [-0.39, 0.29) is 24.1 Å². The molecule has 8 nitrogen and oxygen atoms in total. The fourth-order valence-electron chi connectivity index (χ4n) is 4.84. The first-order valence-electron chi connectivity index (χ1n) is 13.9. The van der Waals surface area contributed by atoms with Gasteiger partial charge in [0, 0.05) is 55.0 Å². The summed E-state index contributed by atoms with van der Waals surface area (Å²) < 4.78 is 0. The number of nitrogens with zero attached hydrogens (tertiary/aromatic N) is 2. The number of aromatic nitrogens is 1. The molecule has 0 unspecified atom stereocenters. The Kier molecular flexibility index (Phi) is 10.4. The number of unbranched alkanes of at least 4 members (excludes halogenated alkanes) is 1. The summed E-state index contributed by atoms with van der Waals surface area (Å²) in [5, 5.41) is 5.82. The highest BCUT2D eigenvalue weighted by atomic mass is 16.2. The Hall–Kier alpha value is -4.46. The van der Waals surface area contributed by atoms with E-state index in [1.54, 1.807) is 54.9 Å². The molecule has 4 rings (SSSR count). The number of rotatable bonds is 11. The Morgan fingerprint density at radius 1 is 1.00 bits per heavy atom. The first-order chi connectivity index (χ1) is 19.5. The van der Waals surface area contributed by atoms with Crippen molar-refractivity contribution in [1.82, 2.24) is 15.2 Å². The minimum absolute atomic E-state index is 0.00450. The van der Waals surface area contributed by atoms with Gasteiger partial charge in [0.25, 0.3) is 5.91 Å². The van der Waals surface area contributed by atoms with Gasteiger partial charge in [-0.05, 0) is 78.8 Å². The number of anilines is 2. The smallest absolute Gasteiger partial charge is 0.253 e. The van der Waals surface area contributed by atoms with E-state index in [0.29, 0.717) is 29.4 Å². The van der Waals surface area contributed by atoms with E-state index in [1.807, 2.05) is 29.2 Å². The Morgan fingerprint density at radius 2 is 1.80 bits per heavy atom. The third-order valence-corrected chi connectivity index (χ3v) is 7.09. The van der Waals surface area contributed by atoms with Crippen LogP contribution in [0, 0.1) is 5.92 Å². The molecule has 3 aromatic rings. The molecule has 2 heterocycles. The molecule has 4 N–H and O–H groups in total. The SMILES string of the molecule is Nc1ccc(CC(=O)Nc2cccc(C(=O)N3CCC(CCCCNC(=O)/C=C/c4cccnc4)CC3)c2)cc1. The standard InChI is InChI=1S/C32H37N5O3/c33-28-12-9-25(10-13-28)21-31(39)36-29-8-3-7-27(22-29)32(40)37-19-15-24(16-20-37)5-1-2-18-35-30(38)14-11-26-6-4-17-34-23-26/h3-4,6-14,17,22-24H,1-2,5,15-16,18-21,33H2,(H,35,38)(H,36,39)/b14-11+. The fourth-order valence-corrected chi connectivity index (χ4v) is 4.84. The van der Waals surface area contributed by atoms with Crippen LogP contribution in [0.1, 0.15) is 53.6 Å². The number of benzene rings is 2. The van der Waals surface area contributed by atoms with Gasteiger partial charge in [-0.3, -0.25) is 19.4 Å². The van der Waals surface area contributed by atoms with Crippen molar-refractivity contribution in [1.29, 1.82) is 0 Å². The van der Waals surface area contributed by atoms with E-state index in [4.69, 9.17) is 5.73 Å². The predicted molar refractivity (Wildman–Crippen MR) is 158 cm³/mol. The number of nitrogen functional groups attached to an aromatic ring is 1. The molecule has 1 fully saturated rings. The van der Waals surface area contributed by atoms with Crippen LogP contribution in [0.2, 0.25) is 0 Å². The normalized spacial score (nSPS) is 13.8. The lowest BCUT2D eigenvalue weighted by Crippen LogP contribution is -2.38. The zero-order chi connectivity index (χ0) is 28.2. The molecule has 2 aromatic carbocycles. The van der Waals surface area contributed by atoms with Gasteiger partial charge < -0.3 is 21.3 Å². The summed E-state index contributed by atoms with van der Waals surface area (Å²) in [6.07, 6.45) is 12.0. The van der Waals surface area contributed by atoms with Gasteiger partial charge in [0.15, 0.2) is 0 Å². The molecule has 1 aromatic heterocycles. The lowest BCUT2D eigenvalue weighted by atomic mass is 9.91. The molecule has 1 saturated heterocycles. The zero-order valence-corrected chi connectivity index (χ0v) is 22.7. The minimum atomic E-state index is -0.143. The molecule has 3 amide bonds. The van der Waals surface area contributed by atoms with Crippen molar-refractivity contribution in [3.63, 3.8) is 0 Å². The molecule has 40 heavy (non-hydrogen) atoms. The summed E-state index contributed by atoms with van der Waals surface area (Å²) in [5.41, 5.74) is 9.33. The van der Waals surface area contributed by atoms with Gasteiger partial charge in [-0.1, -0.05) is 37.1 Å². The average Bonchev–Trinajstić information content (AvgIpc) is 2.98. The second-order valence-corrected chi connectivity index (χ2v) is 10.2. The highest BCUT2D eigenvalue weighted by Gasteiger charge is 2.23. The number of nitrogens with one attached hydrogen (secondary N) is 2. The third kappa shape index (κ3) is 9.08. The van der Waals surface area contributed by atoms with Gasteiger partial charge in [0.05, 0.1) is 6.42 Å². The number of likely N-dealkylation sites (tertiary alicyclic amines) is 1.